The van der Waals surface area contributed by atoms with Crippen molar-refractivity contribution >= 4 is 23.6 Å². The van der Waals surface area contributed by atoms with E-state index >= 15 is 0 Å². The van der Waals surface area contributed by atoms with Crippen molar-refractivity contribution in [2.75, 3.05) is 0 Å². The molecule has 4 amide bonds. The number of carbonyl (C=O) groups is 4. The van der Waals surface area contributed by atoms with Gasteiger partial charge in [0.1, 0.15) is 11.5 Å². The third-order valence-corrected chi connectivity index (χ3v) is 8.79. The van der Waals surface area contributed by atoms with Crippen LogP contribution in [0.25, 0.3) is 0 Å². The molecule has 2 aromatic carbocycles. The van der Waals surface area contributed by atoms with Crippen LogP contribution in [0.4, 0.5) is 0 Å². The van der Waals surface area contributed by atoms with Gasteiger partial charge >= 0.3 is 0 Å². The number of benzene rings is 2. The summed E-state index contributed by atoms with van der Waals surface area (Å²) in [6, 6.07) is 10.0. The lowest BCUT2D eigenvalue weighted by Crippen LogP contribution is -2.47. The van der Waals surface area contributed by atoms with E-state index in [0.29, 0.717) is 30.4 Å². The smallest absolute Gasteiger partial charge is 0.273 e. The van der Waals surface area contributed by atoms with Crippen molar-refractivity contribution in [3.8, 4) is 11.5 Å². The Bertz CT molecular complexity index is 1310. The Morgan fingerprint density at radius 1 is 0.583 bits per heavy atom. The largest absolute Gasteiger partial charge is 0.507 e. The number of phenolic OH excluding ortho intramolecular Hbond substituents is 2. The molecule has 10 nitrogen and oxygen atoms in total. The molecule has 0 aliphatic heterocycles. The van der Waals surface area contributed by atoms with Crippen LogP contribution in [0.1, 0.15) is 149 Å². The highest BCUT2D eigenvalue weighted by atomic mass is 16.3. The predicted molar refractivity (Wildman–Crippen MR) is 189 cm³/mol. The van der Waals surface area contributed by atoms with Gasteiger partial charge in [0.15, 0.2) is 0 Å². The molecule has 0 bridgehead atoms. The summed E-state index contributed by atoms with van der Waals surface area (Å²) in [6.07, 6.45) is 14.1. The number of aryl methyl sites for hydroxylation is 2. The Balaban J connectivity index is 1.98. The molecule has 10 heteroatoms. The van der Waals surface area contributed by atoms with Crippen molar-refractivity contribution in [2.45, 2.75) is 130 Å². The molecule has 2 unspecified atom stereocenters. The van der Waals surface area contributed by atoms with Gasteiger partial charge in [0, 0.05) is 11.8 Å². The van der Waals surface area contributed by atoms with Gasteiger partial charge in [-0.1, -0.05) is 116 Å². The Morgan fingerprint density at radius 3 is 1.48 bits per heavy atom. The molecule has 0 radical (unpaired) electrons. The summed E-state index contributed by atoms with van der Waals surface area (Å²) in [6.45, 7) is 8.03. The van der Waals surface area contributed by atoms with E-state index in [4.69, 9.17) is 0 Å². The van der Waals surface area contributed by atoms with E-state index in [-0.39, 0.29) is 29.0 Å². The van der Waals surface area contributed by atoms with Crippen molar-refractivity contribution in [3.05, 3.63) is 58.7 Å². The van der Waals surface area contributed by atoms with Crippen LogP contribution in [-0.4, -0.2) is 33.8 Å². The fourth-order valence-electron chi connectivity index (χ4n) is 5.74. The first-order valence-corrected chi connectivity index (χ1v) is 18.0. The van der Waals surface area contributed by atoms with Crippen LogP contribution in [0.3, 0.4) is 0 Å². The number of aromatic hydroxyl groups is 2. The first kappa shape index (κ1) is 40.1. The molecule has 0 fully saturated rings. The number of para-hydroxylation sites is 2. The third kappa shape index (κ3) is 13.6. The second kappa shape index (κ2) is 22.5. The maximum absolute atomic E-state index is 13.3. The molecule has 0 aromatic heterocycles. The van der Waals surface area contributed by atoms with Gasteiger partial charge in [0.2, 0.25) is 11.8 Å². The molecule has 266 valence electrons. The molecular weight excluding hydrogens is 608 g/mol. The standard InChI is InChI=1S/C38H58N4O6/c1-5-8-11-14-19-28-22-17-24-31(33(28)43)37(47)41-39-35(45)27(4)26-30(21-16-13-10-7-3)36(46)40-42-38(48)32-25-18-23-29(34(32)44)20-15-12-9-6-2/h17-18,22-25,27,30,43-44H,5-16,19-21,26H2,1-4H3,(H,39,45)(H,40,46)(H,41,47)(H,42,48). The fourth-order valence-corrected chi connectivity index (χ4v) is 5.74. The van der Waals surface area contributed by atoms with E-state index in [9.17, 15) is 29.4 Å². The summed E-state index contributed by atoms with van der Waals surface area (Å²) in [5.74, 6) is -3.56. The molecule has 0 spiro atoms. The minimum absolute atomic E-state index is 0.0768. The van der Waals surface area contributed by atoms with E-state index in [2.05, 4.69) is 42.5 Å². The Kier molecular flexibility index (Phi) is 18.8. The predicted octanol–water partition coefficient (Wildman–Crippen LogP) is 7.18. The number of rotatable bonds is 21. The molecule has 2 rings (SSSR count). The Morgan fingerprint density at radius 2 is 1.02 bits per heavy atom. The van der Waals surface area contributed by atoms with Gasteiger partial charge in [-0.3, -0.25) is 40.9 Å². The minimum Gasteiger partial charge on any atom is -0.507 e. The first-order chi connectivity index (χ1) is 23.1. The SMILES string of the molecule is CCCCCCc1cccc(C(=O)NNC(=O)C(C)CC(CCCCCC)C(=O)NNC(=O)c2cccc(CCCCCC)c2O)c1O. The number of nitrogens with one attached hydrogen (secondary N) is 4. The van der Waals surface area contributed by atoms with Gasteiger partial charge in [0.25, 0.3) is 11.8 Å². The van der Waals surface area contributed by atoms with Gasteiger partial charge < -0.3 is 10.2 Å². The number of hydrazine groups is 2. The maximum atomic E-state index is 13.3. The number of hydrogen-bond acceptors (Lipinski definition) is 6. The summed E-state index contributed by atoms with van der Waals surface area (Å²) in [4.78, 5) is 52.0. The molecule has 0 saturated carbocycles. The molecule has 0 aliphatic carbocycles. The average molecular weight is 667 g/mol. The number of hydrogen-bond donors (Lipinski definition) is 6. The van der Waals surface area contributed by atoms with Crippen molar-refractivity contribution in [2.24, 2.45) is 11.8 Å². The Hall–Kier alpha value is -4.08. The highest BCUT2D eigenvalue weighted by Crippen LogP contribution is 2.26. The number of unbranched alkanes of at least 4 members (excludes halogenated alkanes) is 9. The third-order valence-electron chi connectivity index (χ3n) is 8.79. The van der Waals surface area contributed by atoms with Crippen LogP contribution in [0.5, 0.6) is 11.5 Å². The molecule has 0 heterocycles. The van der Waals surface area contributed by atoms with E-state index in [1.54, 1.807) is 31.2 Å². The van der Waals surface area contributed by atoms with Crippen molar-refractivity contribution in [3.63, 3.8) is 0 Å². The lowest BCUT2D eigenvalue weighted by molar-refractivity contribution is -0.129. The van der Waals surface area contributed by atoms with Gasteiger partial charge in [0.05, 0.1) is 11.1 Å². The number of phenols is 2. The van der Waals surface area contributed by atoms with Gasteiger partial charge in [-0.15, -0.1) is 0 Å². The van der Waals surface area contributed by atoms with Crippen LogP contribution in [0.15, 0.2) is 36.4 Å². The molecule has 2 atom stereocenters. The average Bonchev–Trinajstić information content (AvgIpc) is 3.08. The summed E-state index contributed by atoms with van der Waals surface area (Å²) in [5, 5.41) is 21.4. The second-order valence-electron chi connectivity index (χ2n) is 12.8. The second-order valence-corrected chi connectivity index (χ2v) is 12.8. The minimum atomic E-state index is -0.644. The van der Waals surface area contributed by atoms with Crippen molar-refractivity contribution < 1.29 is 29.4 Å². The zero-order valence-electron chi connectivity index (χ0n) is 29.5. The zero-order chi connectivity index (χ0) is 35.3. The summed E-state index contributed by atoms with van der Waals surface area (Å²) in [7, 11) is 0. The van der Waals surface area contributed by atoms with Gasteiger partial charge in [-0.2, -0.15) is 0 Å². The highest BCUT2D eigenvalue weighted by Gasteiger charge is 2.26. The highest BCUT2D eigenvalue weighted by molar-refractivity contribution is 5.99. The molecule has 0 saturated heterocycles. The molecule has 2 aromatic rings. The number of amides is 4. The zero-order valence-corrected chi connectivity index (χ0v) is 29.5. The van der Waals surface area contributed by atoms with E-state index in [1.807, 2.05) is 0 Å². The quantitative estimate of drug-likeness (QED) is 0.0612. The maximum Gasteiger partial charge on any atom is 0.273 e. The van der Waals surface area contributed by atoms with Gasteiger partial charge in [-0.25, -0.2) is 0 Å². The van der Waals surface area contributed by atoms with Crippen LogP contribution < -0.4 is 21.7 Å². The van der Waals surface area contributed by atoms with E-state index < -0.39 is 35.5 Å². The van der Waals surface area contributed by atoms with Crippen molar-refractivity contribution in [1.82, 2.24) is 21.7 Å². The van der Waals surface area contributed by atoms with Crippen LogP contribution in [0, 0.1) is 11.8 Å². The van der Waals surface area contributed by atoms with Crippen molar-refractivity contribution in [1.29, 1.82) is 0 Å². The first-order valence-electron chi connectivity index (χ1n) is 18.0. The molecule has 0 aliphatic rings. The summed E-state index contributed by atoms with van der Waals surface area (Å²) >= 11 is 0. The summed E-state index contributed by atoms with van der Waals surface area (Å²) in [5.41, 5.74) is 11.3. The van der Waals surface area contributed by atoms with Crippen LogP contribution >= 0.6 is 0 Å². The lowest BCUT2D eigenvalue weighted by Gasteiger charge is -2.21. The summed E-state index contributed by atoms with van der Waals surface area (Å²) < 4.78 is 0. The Labute approximate surface area is 286 Å². The lowest BCUT2D eigenvalue weighted by atomic mass is 9.90. The van der Waals surface area contributed by atoms with E-state index in [1.165, 1.54) is 12.1 Å². The van der Waals surface area contributed by atoms with Crippen LogP contribution in [-0.2, 0) is 22.4 Å². The van der Waals surface area contributed by atoms with Gasteiger partial charge in [-0.05, 0) is 61.8 Å². The fraction of sp³-hybridized carbons (Fsp3) is 0.579. The molecular formula is C38H58N4O6. The molecule has 6 N–H and O–H groups in total. The monoisotopic (exact) mass is 666 g/mol. The van der Waals surface area contributed by atoms with E-state index in [0.717, 1.165) is 77.0 Å². The van der Waals surface area contributed by atoms with Crippen LogP contribution in [0.2, 0.25) is 0 Å². The number of carbonyl (C=O) groups excluding carboxylic acids is 4. The normalized spacial score (nSPS) is 12.2. The molecule has 48 heavy (non-hydrogen) atoms. The topological polar surface area (TPSA) is 157 Å².